The normalized spacial score (nSPS) is 12.1. The van der Waals surface area contributed by atoms with Gasteiger partial charge in [0.05, 0.1) is 6.54 Å². The molecule has 0 unspecified atom stereocenters. The van der Waals surface area contributed by atoms with Gasteiger partial charge >= 0.3 is 0 Å². The number of aliphatic hydroxyl groups excluding tert-OH is 1. The average molecular weight is 364 g/mol. The standard InChI is InChI=1S/C17H14ClNO2S2/c18-12-5-3-11(4-6-12)17(21)19-10-13-7-8-15(23-13)16(20)14-2-1-9-22-14/h1-9,16,20H,10H2,(H,19,21)/t16-/m1/s1. The van der Waals surface area contributed by atoms with Crippen LogP contribution in [0.2, 0.25) is 5.02 Å². The number of benzene rings is 1. The van der Waals surface area contributed by atoms with Crippen LogP contribution >= 0.6 is 34.3 Å². The highest BCUT2D eigenvalue weighted by molar-refractivity contribution is 7.12. The van der Waals surface area contributed by atoms with Crippen LogP contribution in [0.5, 0.6) is 0 Å². The van der Waals surface area contributed by atoms with E-state index in [4.69, 9.17) is 11.6 Å². The second-order valence-electron chi connectivity index (χ2n) is 4.91. The van der Waals surface area contributed by atoms with Gasteiger partial charge in [-0.25, -0.2) is 0 Å². The molecule has 0 aliphatic carbocycles. The summed E-state index contributed by atoms with van der Waals surface area (Å²) in [6.45, 7) is 0.434. The van der Waals surface area contributed by atoms with Crippen LogP contribution in [0.1, 0.15) is 31.1 Å². The van der Waals surface area contributed by atoms with E-state index >= 15 is 0 Å². The predicted molar refractivity (Wildman–Crippen MR) is 95.3 cm³/mol. The summed E-state index contributed by atoms with van der Waals surface area (Å²) in [6.07, 6.45) is -0.597. The van der Waals surface area contributed by atoms with E-state index in [1.165, 1.54) is 22.7 Å². The zero-order valence-corrected chi connectivity index (χ0v) is 14.4. The molecule has 0 saturated carbocycles. The van der Waals surface area contributed by atoms with Crippen LogP contribution in [0.3, 0.4) is 0 Å². The fraction of sp³-hybridized carbons (Fsp3) is 0.118. The number of amides is 1. The Morgan fingerprint density at radius 2 is 1.91 bits per heavy atom. The zero-order chi connectivity index (χ0) is 16.2. The first-order valence-electron chi connectivity index (χ1n) is 6.97. The van der Waals surface area contributed by atoms with Gasteiger partial charge in [0.25, 0.3) is 5.91 Å². The molecule has 0 bridgehead atoms. The Labute approximate surface area is 147 Å². The summed E-state index contributed by atoms with van der Waals surface area (Å²) in [5, 5.41) is 15.7. The highest BCUT2D eigenvalue weighted by Gasteiger charge is 2.14. The van der Waals surface area contributed by atoms with Crippen molar-refractivity contribution >= 4 is 40.2 Å². The van der Waals surface area contributed by atoms with Crippen molar-refractivity contribution < 1.29 is 9.90 Å². The molecule has 2 heterocycles. The van der Waals surface area contributed by atoms with Crippen molar-refractivity contribution in [2.45, 2.75) is 12.6 Å². The summed E-state index contributed by atoms with van der Waals surface area (Å²) < 4.78 is 0. The molecule has 3 nitrogen and oxygen atoms in total. The molecule has 0 aliphatic heterocycles. The van der Waals surface area contributed by atoms with Crippen molar-refractivity contribution in [3.8, 4) is 0 Å². The number of carbonyl (C=O) groups is 1. The van der Waals surface area contributed by atoms with Gasteiger partial charge in [0.1, 0.15) is 6.10 Å². The second kappa shape index (κ2) is 7.27. The van der Waals surface area contributed by atoms with Crippen molar-refractivity contribution in [1.82, 2.24) is 5.32 Å². The first-order chi connectivity index (χ1) is 11.1. The number of nitrogens with one attached hydrogen (secondary N) is 1. The van der Waals surface area contributed by atoms with E-state index in [1.807, 2.05) is 29.6 Å². The molecule has 6 heteroatoms. The Kier molecular flexibility index (Phi) is 5.13. The van der Waals surface area contributed by atoms with Gasteiger partial charge in [0, 0.05) is 25.2 Å². The monoisotopic (exact) mass is 363 g/mol. The largest absolute Gasteiger partial charge is 0.382 e. The molecule has 2 N–H and O–H groups in total. The van der Waals surface area contributed by atoms with Crippen LogP contribution in [-0.2, 0) is 6.54 Å². The highest BCUT2D eigenvalue weighted by Crippen LogP contribution is 2.30. The number of aliphatic hydroxyl groups is 1. The van der Waals surface area contributed by atoms with Crippen molar-refractivity contribution in [2.75, 3.05) is 0 Å². The molecule has 0 saturated heterocycles. The number of carbonyl (C=O) groups excluding carboxylic acids is 1. The average Bonchev–Trinajstić information content (AvgIpc) is 3.24. The molecule has 23 heavy (non-hydrogen) atoms. The molecule has 0 radical (unpaired) electrons. The maximum Gasteiger partial charge on any atom is 0.251 e. The van der Waals surface area contributed by atoms with Crippen molar-refractivity contribution in [2.24, 2.45) is 0 Å². The van der Waals surface area contributed by atoms with E-state index in [-0.39, 0.29) is 5.91 Å². The summed E-state index contributed by atoms with van der Waals surface area (Å²) >= 11 is 8.84. The predicted octanol–water partition coefficient (Wildman–Crippen LogP) is 4.47. The molecule has 0 spiro atoms. The van der Waals surface area contributed by atoms with E-state index in [0.717, 1.165) is 14.6 Å². The number of halogens is 1. The molecule has 1 aromatic carbocycles. The minimum absolute atomic E-state index is 0.143. The Morgan fingerprint density at radius 3 is 2.61 bits per heavy atom. The van der Waals surface area contributed by atoms with Gasteiger partial charge in [0.2, 0.25) is 0 Å². The molecular formula is C17H14ClNO2S2. The first kappa shape index (κ1) is 16.2. The van der Waals surface area contributed by atoms with Gasteiger partial charge in [-0.2, -0.15) is 0 Å². The van der Waals surface area contributed by atoms with Crippen LogP contribution in [0, 0.1) is 0 Å². The zero-order valence-electron chi connectivity index (χ0n) is 12.0. The van der Waals surface area contributed by atoms with Gasteiger partial charge < -0.3 is 10.4 Å². The minimum atomic E-state index is -0.597. The van der Waals surface area contributed by atoms with E-state index in [9.17, 15) is 9.90 Å². The van der Waals surface area contributed by atoms with Crippen molar-refractivity contribution in [1.29, 1.82) is 0 Å². The summed E-state index contributed by atoms with van der Waals surface area (Å²) in [5.41, 5.74) is 0.574. The summed E-state index contributed by atoms with van der Waals surface area (Å²) in [5.74, 6) is -0.143. The molecule has 2 aromatic heterocycles. The SMILES string of the molecule is O=C(NCc1ccc([C@H](O)c2cccs2)s1)c1ccc(Cl)cc1. The third-order valence-corrected chi connectivity index (χ3v) is 5.61. The van der Waals surface area contributed by atoms with Gasteiger partial charge in [0.15, 0.2) is 0 Å². The lowest BCUT2D eigenvalue weighted by molar-refractivity contribution is 0.0951. The Balaban J connectivity index is 1.61. The van der Waals surface area contributed by atoms with E-state index in [1.54, 1.807) is 24.3 Å². The molecule has 0 fully saturated rings. The maximum atomic E-state index is 12.1. The summed E-state index contributed by atoms with van der Waals surface area (Å²) in [4.78, 5) is 14.9. The third-order valence-electron chi connectivity index (χ3n) is 3.29. The molecule has 1 atom stereocenters. The fourth-order valence-electron chi connectivity index (χ4n) is 2.09. The maximum absolute atomic E-state index is 12.1. The van der Waals surface area contributed by atoms with Crippen LogP contribution in [0.25, 0.3) is 0 Å². The third kappa shape index (κ3) is 4.00. The molecule has 1 amide bonds. The lowest BCUT2D eigenvalue weighted by Gasteiger charge is -2.05. The van der Waals surface area contributed by atoms with E-state index in [2.05, 4.69) is 5.32 Å². The van der Waals surface area contributed by atoms with E-state index in [0.29, 0.717) is 17.1 Å². The molecule has 0 aliphatic rings. The van der Waals surface area contributed by atoms with E-state index < -0.39 is 6.10 Å². The summed E-state index contributed by atoms with van der Waals surface area (Å²) in [6, 6.07) is 14.4. The number of hydrogen-bond acceptors (Lipinski definition) is 4. The fourth-order valence-corrected chi connectivity index (χ4v) is 3.98. The molecule has 3 aromatic rings. The quantitative estimate of drug-likeness (QED) is 0.702. The van der Waals surface area contributed by atoms with Crippen LogP contribution in [-0.4, -0.2) is 11.0 Å². The van der Waals surface area contributed by atoms with Crippen LogP contribution in [0.4, 0.5) is 0 Å². The Bertz CT molecular complexity index is 781. The Morgan fingerprint density at radius 1 is 1.13 bits per heavy atom. The van der Waals surface area contributed by atoms with Gasteiger partial charge in [-0.15, -0.1) is 22.7 Å². The van der Waals surface area contributed by atoms with Crippen molar-refractivity contribution in [3.05, 3.63) is 79.1 Å². The lowest BCUT2D eigenvalue weighted by atomic mass is 10.2. The van der Waals surface area contributed by atoms with Crippen molar-refractivity contribution in [3.63, 3.8) is 0 Å². The van der Waals surface area contributed by atoms with Gasteiger partial charge in [-0.05, 0) is 47.8 Å². The van der Waals surface area contributed by atoms with Gasteiger partial charge in [-0.3, -0.25) is 4.79 Å². The topological polar surface area (TPSA) is 49.3 Å². The minimum Gasteiger partial charge on any atom is -0.382 e. The van der Waals surface area contributed by atoms with Crippen LogP contribution < -0.4 is 5.32 Å². The highest BCUT2D eigenvalue weighted by atomic mass is 35.5. The molecule has 3 rings (SSSR count). The number of hydrogen-bond donors (Lipinski definition) is 2. The molecule has 118 valence electrons. The number of rotatable bonds is 5. The summed E-state index contributed by atoms with van der Waals surface area (Å²) in [7, 11) is 0. The smallest absolute Gasteiger partial charge is 0.251 e. The first-order valence-corrected chi connectivity index (χ1v) is 9.05. The second-order valence-corrected chi connectivity index (χ2v) is 7.53. The van der Waals surface area contributed by atoms with Gasteiger partial charge in [-0.1, -0.05) is 17.7 Å². The lowest BCUT2D eigenvalue weighted by Crippen LogP contribution is -2.22. The number of thiophene rings is 2. The molecular weight excluding hydrogens is 350 g/mol. The van der Waals surface area contributed by atoms with Crippen LogP contribution in [0.15, 0.2) is 53.9 Å². The Hall–Kier alpha value is -1.66.